The second kappa shape index (κ2) is 5.60. The highest BCUT2D eigenvalue weighted by molar-refractivity contribution is 7.15. The summed E-state index contributed by atoms with van der Waals surface area (Å²) in [4.78, 5) is 5.27. The predicted octanol–water partition coefficient (Wildman–Crippen LogP) is 2.83. The fourth-order valence-corrected chi connectivity index (χ4v) is 2.82. The summed E-state index contributed by atoms with van der Waals surface area (Å²) in [6, 6.07) is 6.76. The van der Waals surface area contributed by atoms with Crippen LogP contribution in [0.25, 0.3) is 4.96 Å². The van der Waals surface area contributed by atoms with Gasteiger partial charge >= 0.3 is 0 Å². The Kier molecular flexibility index (Phi) is 3.66. The van der Waals surface area contributed by atoms with E-state index in [9.17, 15) is 4.39 Å². The molecule has 20 heavy (non-hydrogen) atoms. The summed E-state index contributed by atoms with van der Waals surface area (Å²) in [5.41, 5.74) is 1.60. The molecule has 0 fully saturated rings. The molecule has 0 radical (unpaired) electrons. The van der Waals surface area contributed by atoms with Crippen LogP contribution >= 0.6 is 11.3 Å². The van der Waals surface area contributed by atoms with Gasteiger partial charge in [0.25, 0.3) is 0 Å². The zero-order valence-electron chi connectivity index (χ0n) is 11.0. The normalized spacial score (nSPS) is 11.1. The largest absolute Gasteiger partial charge is 0.480 e. The van der Waals surface area contributed by atoms with Gasteiger partial charge in [-0.2, -0.15) is 4.98 Å². The predicted molar refractivity (Wildman–Crippen MR) is 76.6 cm³/mol. The molecule has 6 heteroatoms. The van der Waals surface area contributed by atoms with E-state index in [-0.39, 0.29) is 5.82 Å². The van der Waals surface area contributed by atoms with E-state index < -0.39 is 0 Å². The Morgan fingerprint density at radius 2 is 2.20 bits per heavy atom. The highest BCUT2D eigenvalue weighted by Crippen LogP contribution is 2.22. The molecule has 104 valence electrons. The summed E-state index contributed by atoms with van der Waals surface area (Å²) in [5.74, 6) is 0.416. The first-order chi connectivity index (χ1) is 9.79. The van der Waals surface area contributed by atoms with Gasteiger partial charge in [0, 0.05) is 30.2 Å². The molecule has 0 unspecified atom stereocenters. The van der Waals surface area contributed by atoms with Gasteiger partial charge in [0.2, 0.25) is 5.88 Å². The highest BCUT2D eigenvalue weighted by atomic mass is 32.1. The standard InChI is InChI=1S/C14H14FN3OS/c1-19-13-12(18-6-7-20-14(18)17-13)9-16-8-10-4-2-3-5-11(10)15/h2-7,16H,8-9H2,1H3. The second-order valence-corrected chi connectivity index (χ2v) is 5.19. The van der Waals surface area contributed by atoms with Crippen LogP contribution < -0.4 is 10.1 Å². The van der Waals surface area contributed by atoms with E-state index in [1.54, 1.807) is 30.6 Å². The lowest BCUT2D eigenvalue weighted by molar-refractivity contribution is 0.392. The van der Waals surface area contributed by atoms with Crippen molar-refractivity contribution in [2.75, 3.05) is 7.11 Å². The Bertz CT molecular complexity index is 722. The van der Waals surface area contributed by atoms with Crippen LogP contribution in [0.4, 0.5) is 4.39 Å². The molecule has 4 nitrogen and oxygen atoms in total. The fraction of sp³-hybridized carbons (Fsp3) is 0.214. The lowest BCUT2D eigenvalue weighted by atomic mass is 10.2. The number of ether oxygens (including phenoxy) is 1. The first-order valence-corrected chi connectivity index (χ1v) is 7.10. The quantitative estimate of drug-likeness (QED) is 0.785. The van der Waals surface area contributed by atoms with Gasteiger partial charge < -0.3 is 10.1 Å². The molecule has 0 atom stereocenters. The molecule has 3 aromatic rings. The monoisotopic (exact) mass is 291 g/mol. The van der Waals surface area contributed by atoms with Gasteiger partial charge in [-0.3, -0.25) is 4.40 Å². The number of hydrogen-bond acceptors (Lipinski definition) is 4. The molecule has 3 rings (SSSR count). The third-order valence-electron chi connectivity index (χ3n) is 3.08. The van der Waals surface area contributed by atoms with Crippen LogP contribution in [0.15, 0.2) is 35.8 Å². The van der Waals surface area contributed by atoms with Crippen molar-refractivity contribution in [2.45, 2.75) is 13.1 Å². The molecule has 0 spiro atoms. The van der Waals surface area contributed by atoms with Crippen LogP contribution in [0.2, 0.25) is 0 Å². The Labute approximate surface area is 119 Å². The fourth-order valence-electron chi connectivity index (χ4n) is 2.09. The van der Waals surface area contributed by atoms with Gasteiger partial charge in [0.05, 0.1) is 7.11 Å². The van der Waals surface area contributed by atoms with Crippen molar-refractivity contribution in [3.63, 3.8) is 0 Å². The van der Waals surface area contributed by atoms with E-state index in [0.717, 1.165) is 10.7 Å². The number of thiazole rings is 1. The minimum Gasteiger partial charge on any atom is -0.480 e. The Hall–Kier alpha value is -1.92. The number of nitrogens with one attached hydrogen (secondary N) is 1. The Morgan fingerprint density at radius 1 is 1.35 bits per heavy atom. The van der Waals surface area contributed by atoms with E-state index >= 15 is 0 Å². The van der Waals surface area contributed by atoms with Gasteiger partial charge in [-0.25, -0.2) is 4.39 Å². The summed E-state index contributed by atoms with van der Waals surface area (Å²) >= 11 is 1.55. The average molecular weight is 291 g/mol. The van der Waals surface area contributed by atoms with E-state index in [2.05, 4.69) is 10.3 Å². The topological polar surface area (TPSA) is 38.6 Å². The molecule has 0 aliphatic heterocycles. The van der Waals surface area contributed by atoms with Crippen molar-refractivity contribution >= 4 is 16.3 Å². The third kappa shape index (κ3) is 2.39. The van der Waals surface area contributed by atoms with E-state index in [1.807, 2.05) is 22.0 Å². The number of methoxy groups -OCH3 is 1. The van der Waals surface area contributed by atoms with Gasteiger partial charge in [-0.05, 0) is 6.07 Å². The number of halogens is 1. The molecule has 0 amide bonds. The average Bonchev–Trinajstić information content (AvgIpc) is 3.02. The smallest absolute Gasteiger partial charge is 0.237 e. The lowest BCUT2D eigenvalue weighted by Gasteiger charge is -2.06. The minimum atomic E-state index is -0.194. The molecule has 2 heterocycles. The molecule has 0 aliphatic carbocycles. The molecule has 0 saturated heterocycles. The van der Waals surface area contributed by atoms with Crippen LogP contribution in [0, 0.1) is 5.82 Å². The lowest BCUT2D eigenvalue weighted by Crippen LogP contribution is -2.15. The van der Waals surface area contributed by atoms with Gasteiger partial charge in [0.15, 0.2) is 4.96 Å². The number of nitrogens with zero attached hydrogens (tertiary/aromatic N) is 2. The Morgan fingerprint density at radius 3 is 3.00 bits per heavy atom. The van der Waals surface area contributed by atoms with Crippen molar-refractivity contribution in [3.05, 3.63) is 52.9 Å². The van der Waals surface area contributed by atoms with E-state index in [4.69, 9.17) is 4.74 Å². The first kappa shape index (κ1) is 13.1. The number of rotatable bonds is 5. The van der Waals surface area contributed by atoms with Gasteiger partial charge in [0.1, 0.15) is 11.5 Å². The molecular formula is C14H14FN3OS. The molecule has 0 saturated carbocycles. The molecule has 0 bridgehead atoms. The van der Waals surface area contributed by atoms with Crippen LogP contribution in [0.1, 0.15) is 11.3 Å². The Balaban J connectivity index is 1.74. The highest BCUT2D eigenvalue weighted by Gasteiger charge is 2.13. The number of aromatic nitrogens is 2. The maximum Gasteiger partial charge on any atom is 0.237 e. The summed E-state index contributed by atoms with van der Waals surface area (Å²) in [6.07, 6.45) is 1.95. The van der Waals surface area contributed by atoms with Crippen molar-refractivity contribution in [1.29, 1.82) is 0 Å². The number of benzene rings is 1. The zero-order valence-corrected chi connectivity index (χ0v) is 11.8. The maximum atomic E-state index is 13.5. The number of fused-ring (bicyclic) bond motifs is 1. The van der Waals surface area contributed by atoms with Crippen LogP contribution in [-0.2, 0) is 13.1 Å². The SMILES string of the molecule is COc1nc2sccn2c1CNCc1ccccc1F. The number of hydrogen-bond donors (Lipinski definition) is 1. The first-order valence-electron chi connectivity index (χ1n) is 6.22. The number of imidazole rings is 1. The van der Waals surface area contributed by atoms with Crippen molar-refractivity contribution in [1.82, 2.24) is 14.7 Å². The summed E-state index contributed by atoms with van der Waals surface area (Å²) in [5, 5.41) is 5.20. The van der Waals surface area contributed by atoms with Crippen molar-refractivity contribution < 1.29 is 9.13 Å². The van der Waals surface area contributed by atoms with Gasteiger partial charge in [-0.1, -0.05) is 18.2 Å². The van der Waals surface area contributed by atoms with Crippen molar-refractivity contribution in [3.8, 4) is 5.88 Å². The molecule has 2 aromatic heterocycles. The molecule has 0 aliphatic rings. The molecular weight excluding hydrogens is 277 g/mol. The van der Waals surface area contributed by atoms with E-state index in [0.29, 0.717) is 24.5 Å². The van der Waals surface area contributed by atoms with E-state index in [1.165, 1.54) is 6.07 Å². The maximum absolute atomic E-state index is 13.5. The van der Waals surface area contributed by atoms with Crippen LogP contribution in [0.5, 0.6) is 5.88 Å². The summed E-state index contributed by atoms with van der Waals surface area (Å²) in [7, 11) is 1.60. The summed E-state index contributed by atoms with van der Waals surface area (Å²) in [6.45, 7) is 1.03. The molecule has 1 N–H and O–H groups in total. The van der Waals surface area contributed by atoms with Crippen molar-refractivity contribution in [2.24, 2.45) is 0 Å². The van der Waals surface area contributed by atoms with Crippen LogP contribution in [-0.4, -0.2) is 16.5 Å². The summed E-state index contributed by atoms with van der Waals surface area (Å²) < 4.78 is 20.8. The van der Waals surface area contributed by atoms with Gasteiger partial charge in [-0.15, -0.1) is 11.3 Å². The molecule has 1 aromatic carbocycles. The third-order valence-corrected chi connectivity index (χ3v) is 3.84. The second-order valence-electron chi connectivity index (χ2n) is 4.32. The zero-order chi connectivity index (χ0) is 13.9. The van der Waals surface area contributed by atoms with Crippen LogP contribution in [0.3, 0.4) is 0 Å². The minimum absolute atomic E-state index is 0.194.